The highest BCUT2D eigenvalue weighted by Gasteiger charge is 2.24. The van der Waals surface area contributed by atoms with Crippen molar-refractivity contribution in [1.82, 2.24) is 0 Å². The molecule has 1 unspecified atom stereocenters. The summed E-state index contributed by atoms with van der Waals surface area (Å²) in [5.41, 5.74) is 0.531. The van der Waals surface area contributed by atoms with Crippen molar-refractivity contribution in [3.63, 3.8) is 0 Å². The summed E-state index contributed by atoms with van der Waals surface area (Å²) in [4.78, 5) is 23.3. The second-order valence-corrected chi connectivity index (χ2v) is 4.30. The Morgan fingerprint density at radius 3 is 2.83 bits per heavy atom. The van der Waals surface area contributed by atoms with Crippen molar-refractivity contribution in [2.45, 2.75) is 13.3 Å². The normalized spacial score (nSPS) is 18.7. The van der Waals surface area contributed by atoms with Crippen molar-refractivity contribution in [2.75, 3.05) is 18.5 Å². The number of rotatable bonds is 3. The lowest BCUT2D eigenvalue weighted by atomic mass is 10.1. The van der Waals surface area contributed by atoms with Crippen LogP contribution >= 0.6 is 0 Å². The van der Waals surface area contributed by atoms with Crippen LogP contribution in [0.3, 0.4) is 0 Å². The molecule has 0 aliphatic carbocycles. The Bertz CT molecular complexity index is 481. The van der Waals surface area contributed by atoms with Crippen LogP contribution in [0.1, 0.15) is 23.7 Å². The molecule has 1 aliphatic rings. The van der Waals surface area contributed by atoms with E-state index in [0.717, 1.165) is 6.07 Å². The van der Waals surface area contributed by atoms with Crippen molar-refractivity contribution in [1.29, 1.82) is 0 Å². The van der Waals surface area contributed by atoms with Crippen LogP contribution in [0.5, 0.6) is 0 Å². The predicted octanol–water partition coefficient (Wildman–Crippen LogP) is 2.00. The first-order valence-electron chi connectivity index (χ1n) is 5.77. The van der Waals surface area contributed by atoms with E-state index in [1.165, 1.54) is 19.1 Å². The van der Waals surface area contributed by atoms with E-state index < -0.39 is 5.82 Å². The van der Waals surface area contributed by atoms with Crippen LogP contribution in [-0.2, 0) is 9.53 Å². The number of nitrogens with one attached hydrogen (secondary N) is 1. The Morgan fingerprint density at radius 2 is 2.22 bits per heavy atom. The summed E-state index contributed by atoms with van der Waals surface area (Å²) < 4.78 is 18.3. The van der Waals surface area contributed by atoms with Crippen LogP contribution in [0.4, 0.5) is 10.1 Å². The second-order valence-electron chi connectivity index (χ2n) is 4.30. The molecule has 1 aromatic carbocycles. The van der Waals surface area contributed by atoms with Gasteiger partial charge in [0.2, 0.25) is 5.91 Å². The van der Waals surface area contributed by atoms with Crippen LogP contribution in [0.2, 0.25) is 0 Å². The lowest BCUT2D eigenvalue weighted by Crippen LogP contribution is -2.23. The number of carbonyl (C=O) groups is 2. The Balaban J connectivity index is 2.19. The molecule has 96 valence electrons. The number of amides is 1. The summed E-state index contributed by atoms with van der Waals surface area (Å²) >= 11 is 0. The molecule has 1 atom stereocenters. The molecule has 1 aromatic rings. The lowest BCUT2D eigenvalue weighted by molar-refractivity contribution is -0.119. The standard InChI is InChI=1S/C13H14FNO3/c1-8(16)11-3-2-10(14)6-12(11)15-13(17)9-4-5-18-7-9/h2-3,6,9H,4-5,7H2,1H3,(H,15,17). The van der Waals surface area contributed by atoms with E-state index in [9.17, 15) is 14.0 Å². The number of ether oxygens (including phenoxy) is 1. The van der Waals surface area contributed by atoms with Gasteiger partial charge in [-0.3, -0.25) is 9.59 Å². The Labute approximate surface area is 104 Å². The third-order valence-corrected chi connectivity index (χ3v) is 2.92. The van der Waals surface area contributed by atoms with Gasteiger partial charge in [-0.1, -0.05) is 0 Å². The quantitative estimate of drug-likeness (QED) is 0.836. The zero-order valence-corrected chi connectivity index (χ0v) is 10.0. The molecule has 0 saturated carbocycles. The zero-order chi connectivity index (χ0) is 13.1. The van der Waals surface area contributed by atoms with E-state index in [0.29, 0.717) is 25.2 Å². The minimum atomic E-state index is -0.488. The number of anilines is 1. The maximum Gasteiger partial charge on any atom is 0.229 e. The molecule has 2 rings (SSSR count). The SMILES string of the molecule is CC(=O)c1ccc(F)cc1NC(=O)C1CCOC1. The average molecular weight is 251 g/mol. The fourth-order valence-corrected chi connectivity index (χ4v) is 1.90. The molecular weight excluding hydrogens is 237 g/mol. The number of hydrogen-bond acceptors (Lipinski definition) is 3. The third-order valence-electron chi connectivity index (χ3n) is 2.92. The van der Waals surface area contributed by atoms with Crippen molar-refractivity contribution >= 4 is 17.4 Å². The molecule has 1 amide bonds. The third kappa shape index (κ3) is 2.73. The van der Waals surface area contributed by atoms with Crippen LogP contribution in [0.25, 0.3) is 0 Å². The molecule has 0 bridgehead atoms. The van der Waals surface area contributed by atoms with Gasteiger partial charge in [-0.2, -0.15) is 0 Å². The zero-order valence-electron chi connectivity index (χ0n) is 10.0. The Kier molecular flexibility index (Phi) is 3.72. The van der Waals surface area contributed by atoms with Gasteiger partial charge < -0.3 is 10.1 Å². The van der Waals surface area contributed by atoms with Gasteiger partial charge >= 0.3 is 0 Å². The summed E-state index contributed by atoms with van der Waals surface area (Å²) in [5, 5.41) is 2.59. The molecule has 18 heavy (non-hydrogen) atoms. The molecule has 1 fully saturated rings. The summed E-state index contributed by atoms with van der Waals surface area (Å²) in [7, 11) is 0. The molecule has 1 heterocycles. The summed E-state index contributed by atoms with van der Waals surface area (Å²) in [5.74, 6) is -1.17. The Morgan fingerprint density at radius 1 is 1.44 bits per heavy atom. The lowest BCUT2D eigenvalue weighted by Gasteiger charge is -2.12. The van der Waals surface area contributed by atoms with Crippen LogP contribution in [-0.4, -0.2) is 24.9 Å². The van der Waals surface area contributed by atoms with Crippen molar-refractivity contribution in [3.05, 3.63) is 29.6 Å². The maximum atomic E-state index is 13.2. The second kappa shape index (κ2) is 5.27. The van der Waals surface area contributed by atoms with Crippen LogP contribution in [0, 0.1) is 11.7 Å². The van der Waals surface area contributed by atoms with Gasteiger partial charge in [0.25, 0.3) is 0 Å². The molecule has 0 aromatic heterocycles. The van der Waals surface area contributed by atoms with E-state index in [-0.39, 0.29) is 23.3 Å². The topological polar surface area (TPSA) is 55.4 Å². The smallest absolute Gasteiger partial charge is 0.229 e. The van der Waals surface area contributed by atoms with E-state index in [4.69, 9.17) is 4.74 Å². The molecule has 1 aliphatic heterocycles. The minimum Gasteiger partial charge on any atom is -0.381 e. The molecule has 1 saturated heterocycles. The van der Waals surface area contributed by atoms with E-state index in [1.807, 2.05) is 0 Å². The van der Waals surface area contributed by atoms with E-state index in [2.05, 4.69) is 5.32 Å². The first-order chi connectivity index (χ1) is 8.58. The number of carbonyl (C=O) groups excluding carboxylic acids is 2. The van der Waals surface area contributed by atoms with Gasteiger partial charge in [-0.05, 0) is 31.5 Å². The van der Waals surface area contributed by atoms with E-state index >= 15 is 0 Å². The van der Waals surface area contributed by atoms with Crippen LogP contribution < -0.4 is 5.32 Å². The summed E-state index contributed by atoms with van der Waals surface area (Å²) in [6.45, 7) is 2.30. The highest BCUT2D eigenvalue weighted by molar-refractivity contribution is 6.04. The molecule has 5 heteroatoms. The van der Waals surface area contributed by atoms with Crippen molar-refractivity contribution in [3.8, 4) is 0 Å². The fraction of sp³-hybridized carbons (Fsp3) is 0.385. The van der Waals surface area contributed by atoms with Gasteiger partial charge in [0.05, 0.1) is 18.2 Å². The van der Waals surface area contributed by atoms with Crippen LogP contribution in [0.15, 0.2) is 18.2 Å². The minimum absolute atomic E-state index is 0.215. The number of ketones is 1. The van der Waals surface area contributed by atoms with Crippen molar-refractivity contribution < 1.29 is 18.7 Å². The summed E-state index contributed by atoms with van der Waals surface area (Å²) in [6, 6.07) is 3.73. The van der Waals surface area contributed by atoms with Gasteiger partial charge in [0, 0.05) is 12.2 Å². The van der Waals surface area contributed by atoms with Gasteiger partial charge in [-0.15, -0.1) is 0 Å². The fourth-order valence-electron chi connectivity index (χ4n) is 1.90. The van der Waals surface area contributed by atoms with E-state index in [1.54, 1.807) is 0 Å². The molecule has 0 radical (unpaired) electrons. The number of halogens is 1. The van der Waals surface area contributed by atoms with Crippen molar-refractivity contribution in [2.24, 2.45) is 5.92 Å². The first kappa shape index (κ1) is 12.7. The van der Waals surface area contributed by atoms with Gasteiger partial charge in [-0.25, -0.2) is 4.39 Å². The molecule has 1 N–H and O–H groups in total. The van der Waals surface area contributed by atoms with Gasteiger partial charge in [0.15, 0.2) is 5.78 Å². The summed E-state index contributed by atoms with van der Waals surface area (Å²) in [6.07, 6.45) is 0.649. The number of benzene rings is 1. The monoisotopic (exact) mass is 251 g/mol. The number of Topliss-reactive ketones (excluding diaryl/α,β-unsaturated/α-hetero) is 1. The highest BCUT2D eigenvalue weighted by Crippen LogP contribution is 2.20. The average Bonchev–Trinajstić information content (AvgIpc) is 2.81. The highest BCUT2D eigenvalue weighted by atomic mass is 19.1. The largest absolute Gasteiger partial charge is 0.381 e. The van der Waals surface area contributed by atoms with Gasteiger partial charge in [0.1, 0.15) is 5.82 Å². The maximum absolute atomic E-state index is 13.2. The Hall–Kier alpha value is -1.75. The molecular formula is C13H14FNO3. The molecule has 4 nitrogen and oxygen atoms in total. The predicted molar refractivity (Wildman–Crippen MR) is 64.0 cm³/mol. The first-order valence-corrected chi connectivity index (χ1v) is 5.77. The number of hydrogen-bond donors (Lipinski definition) is 1. The molecule has 0 spiro atoms.